The van der Waals surface area contributed by atoms with E-state index in [1.807, 2.05) is 18.5 Å². The van der Waals surface area contributed by atoms with Gasteiger partial charge in [0, 0.05) is 30.8 Å². The van der Waals surface area contributed by atoms with E-state index in [0.717, 1.165) is 31.6 Å². The lowest BCUT2D eigenvalue weighted by Gasteiger charge is -2.46. The maximum absolute atomic E-state index is 10.9. The molecule has 0 aliphatic heterocycles. The maximum Gasteiger partial charge on any atom is 0.111 e. The first-order chi connectivity index (χ1) is 10.3. The zero-order valence-corrected chi connectivity index (χ0v) is 12.7. The summed E-state index contributed by atoms with van der Waals surface area (Å²) in [6.45, 7) is 3.14. The van der Waals surface area contributed by atoms with Crippen molar-refractivity contribution in [3.63, 3.8) is 0 Å². The van der Waals surface area contributed by atoms with Crippen molar-refractivity contribution in [1.82, 2.24) is 9.55 Å². The molecule has 3 heteroatoms. The van der Waals surface area contributed by atoms with Crippen molar-refractivity contribution in [1.29, 1.82) is 0 Å². The molecule has 3 rings (SSSR count). The molecule has 0 saturated heterocycles. The lowest BCUT2D eigenvalue weighted by Crippen LogP contribution is -2.46. The van der Waals surface area contributed by atoms with Gasteiger partial charge in [-0.05, 0) is 24.8 Å². The van der Waals surface area contributed by atoms with E-state index in [1.54, 1.807) is 0 Å². The van der Waals surface area contributed by atoms with Crippen LogP contribution in [0.5, 0.6) is 0 Å². The van der Waals surface area contributed by atoms with Crippen molar-refractivity contribution in [2.75, 3.05) is 0 Å². The van der Waals surface area contributed by atoms with E-state index in [-0.39, 0.29) is 11.5 Å². The van der Waals surface area contributed by atoms with Gasteiger partial charge >= 0.3 is 0 Å². The SMILES string of the molecule is CCCn1ccnc1CC(O)C1(c2ccccc2)CCC1. The monoisotopic (exact) mass is 284 g/mol. The number of nitrogens with zero attached hydrogens (tertiary/aromatic N) is 2. The Balaban J connectivity index is 1.80. The van der Waals surface area contributed by atoms with Crippen LogP contribution in [0.25, 0.3) is 0 Å². The third-order valence-electron chi connectivity index (χ3n) is 4.87. The molecular formula is C18H24N2O. The number of aryl methyl sites for hydroxylation is 1. The van der Waals surface area contributed by atoms with Crippen molar-refractivity contribution in [2.45, 2.75) is 57.1 Å². The summed E-state index contributed by atoms with van der Waals surface area (Å²) in [7, 11) is 0. The Bertz CT molecular complexity index is 572. The normalized spacial score (nSPS) is 18.2. The Morgan fingerprint density at radius 1 is 1.29 bits per heavy atom. The second kappa shape index (κ2) is 6.02. The van der Waals surface area contributed by atoms with Crippen LogP contribution in [0.4, 0.5) is 0 Å². The molecule has 1 atom stereocenters. The van der Waals surface area contributed by atoms with Crippen LogP contribution in [0.2, 0.25) is 0 Å². The summed E-state index contributed by atoms with van der Waals surface area (Å²) in [5.41, 5.74) is 1.21. The van der Waals surface area contributed by atoms with E-state index in [0.29, 0.717) is 6.42 Å². The van der Waals surface area contributed by atoms with E-state index in [4.69, 9.17) is 0 Å². The number of benzene rings is 1. The summed E-state index contributed by atoms with van der Waals surface area (Å²) in [6.07, 6.45) is 8.58. The molecule has 1 aromatic heterocycles. The van der Waals surface area contributed by atoms with Crippen LogP contribution in [0.3, 0.4) is 0 Å². The Morgan fingerprint density at radius 3 is 2.67 bits per heavy atom. The fourth-order valence-electron chi connectivity index (χ4n) is 3.48. The predicted molar refractivity (Wildman–Crippen MR) is 84.2 cm³/mol. The molecule has 1 unspecified atom stereocenters. The first-order valence-corrected chi connectivity index (χ1v) is 8.00. The van der Waals surface area contributed by atoms with Crippen LogP contribution in [0.15, 0.2) is 42.7 Å². The summed E-state index contributed by atoms with van der Waals surface area (Å²) >= 11 is 0. The molecule has 2 aromatic rings. The van der Waals surface area contributed by atoms with E-state index in [2.05, 4.69) is 40.7 Å². The van der Waals surface area contributed by atoms with Gasteiger partial charge in [-0.2, -0.15) is 0 Å². The third kappa shape index (κ3) is 2.62. The lowest BCUT2D eigenvalue weighted by atomic mass is 9.60. The molecular weight excluding hydrogens is 260 g/mol. The molecule has 0 bridgehead atoms. The molecule has 1 heterocycles. The van der Waals surface area contributed by atoms with Crippen molar-refractivity contribution < 1.29 is 5.11 Å². The Hall–Kier alpha value is -1.61. The molecule has 1 aromatic carbocycles. The lowest BCUT2D eigenvalue weighted by molar-refractivity contribution is 0.0267. The Labute approximate surface area is 126 Å². The number of aliphatic hydroxyl groups is 1. The molecule has 1 fully saturated rings. The largest absolute Gasteiger partial charge is 0.392 e. The summed E-state index contributed by atoms with van der Waals surface area (Å²) in [5.74, 6) is 1.01. The van der Waals surface area contributed by atoms with Crippen LogP contribution in [0, 0.1) is 0 Å². The molecule has 1 aliphatic carbocycles. The molecule has 1 N–H and O–H groups in total. The minimum absolute atomic E-state index is 0.0652. The second-order valence-electron chi connectivity index (χ2n) is 6.13. The molecule has 0 radical (unpaired) electrons. The molecule has 21 heavy (non-hydrogen) atoms. The average molecular weight is 284 g/mol. The van der Waals surface area contributed by atoms with Crippen molar-refractivity contribution in [3.8, 4) is 0 Å². The fourth-order valence-corrected chi connectivity index (χ4v) is 3.48. The average Bonchev–Trinajstić information content (AvgIpc) is 2.86. The van der Waals surface area contributed by atoms with Crippen molar-refractivity contribution in [3.05, 3.63) is 54.1 Å². The van der Waals surface area contributed by atoms with Gasteiger partial charge in [0.25, 0.3) is 0 Å². The van der Waals surface area contributed by atoms with Gasteiger partial charge in [0.1, 0.15) is 5.82 Å². The number of hydrogen-bond acceptors (Lipinski definition) is 2. The van der Waals surface area contributed by atoms with Gasteiger partial charge in [0.15, 0.2) is 0 Å². The van der Waals surface area contributed by atoms with Crippen LogP contribution in [0.1, 0.15) is 44.0 Å². The summed E-state index contributed by atoms with van der Waals surface area (Å²) in [6, 6.07) is 10.5. The Morgan fingerprint density at radius 2 is 2.05 bits per heavy atom. The molecule has 3 nitrogen and oxygen atoms in total. The van der Waals surface area contributed by atoms with Crippen molar-refractivity contribution in [2.24, 2.45) is 0 Å². The van der Waals surface area contributed by atoms with Crippen LogP contribution >= 0.6 is 0 Å². The minimum atomic E-state index is -0.355. The second-order valence-corrected chi connectivity index (χ2v) is 6.13. The summed E-state index contributed by atoms with van der Waals surface area (Å²) < 4.78 is 2.17. The highest BCUT2D eigenvalue weighted by atomic mass is 16.3. The number of rotatable bonds is 6. The summed E-state index contributed by atoms with van der Waals surface area (Å²) in [5, 5.41) is 10.9. The third-order valence-corrected chi connectivity index (χ3v) is 4.87. The van der Waals surface area contributed by atoms with Crippen molar-refractivity contribution >= 4 is 0 Å². The first kappa shape index (κ1) is 14.3. The molecule has 112 valence electrons. The van der Waals surface area contributed by atoms with Crippen LogP contribution < -0.4 is 0 Å². The van der Waals surface area contributed by atoms with Crippen LogP contribution in [-0.2, 0) is 18.4 Å². The highest BCUT2D eigenvalue weighted by Gasteiger charge is 2.45. The van der Waals surface area contributed by atoms with Gasteiger partial charge in [0.05, 0.1) is 6.10 Å². The van der Waals surface area contributed by atoms with E-state index >= 15 is 0 Å². The number of aliphatic hydroxyl groups excluding tert-OH is 1. The van der Waals surface area contributed by atoms with E-state index in [9.17, 15) is 5.11 Å². The Kier molecular flexibility index (Phi) is 4.11. The number of imidazole rings is 1. The molecule has 1 saturated carbocycles. The summed E-state index contributed by atoms with van der Waals surface area (Å²) in [4.78, 5) is 4.44. The van der Waals surface area contributed by atoms with E-state index in [1.165, 1.54) is 12.0 Å². The van der Waals surface area contributed by atoms with Gasteiger partial charge < -0.3 is 9.67 Å². The van der Waals surface area contributed by atoms with Gasteiger partial charge in [-0.15, -0.1) is 0 Å². The standard InChI is InChI=1S/C18H24N2O/c1-2-12-20-13-11-19-17(20)14-16(21)18(9-6-10-18)15-7-4-3-5-8-15/h3-5,7-8,11,13,16,21H,2,6,9-10,12,14H2,1H3. The molecule has 1 aliphatic rings. The molecule has 0 amide bonds. The van der Waals surface area contributed by atoms with Gasteiger partial charge in [0.2, 0.25) is 0 Å². The van der Waals surface area contributed by atoms with Gasteiger partial charge in [-0.25, -0.2) is 4.98 Å². The highest BCUT2D eigenvalue weighted by molar-refractivity contribution is 5.30. The quantitative estimate of drug-likeness (QED) is 0.883. The zero-order valence-electron chi connectivity index (χ0n) is 12.7. The van der Waals surface area contributed by atoms with Crippen LogP contribution in [-0.4, -0.2) is 20.8 Å². The predicted octanol–water partition coefficient (Wildman–Crippen LogP) is 3.32. The van der Waals surface area contributed by atoms with Gasteiger partial charge in [-0.1, -0.05) is 43.7 Å². The maximum atomic E-state index is 10.9. The topological polar surface area (TPSA) is 38.0 Å². The first-order valence-electron chi connectivity index (χ1n) is 8.00. The minimum Gasteiger partial charge on any atom is -0.392 e. The smallest absolute Gasteiger partial charge is 0.111 e. The van der Waals surface area contributed by atoms with Gasteiger partial charge in [-0.3, -0.25) is 0 Å². The highest BCUT2D eigenvalue weighted by Crippen LogP contribution is 2.47. The number of hydrogen-bond donors (Lipinski definition) is 1. The fraction of sp³-hybridized carbons (Fsp3) is 0.500. The number of aromatic nitrogens is 2. The molecule has 0 spiro atoms. The zero-order chi connectivity index (χ0) is 14.7. The van der Waals surface area contributed by atoms with E-state index < -0.39 is 0 Å².